The first kappa shape index (κ1) is 38.7. The van der Waals surface area contributed by atoms with Gasteiger partial charge >= 0.3 is 5.97 Å². The van der Waals surface area contributed by atoms with Crippen LogP contribution < -0.4 is 0 Å². The van der Waals surface area contributed by atoms with Crippen LogP contribution in [0.15, 0.2) is 42.0 Å². The molecule has 0 aliphatic carbocycles. The monoisotopic (exact) mass is 635 g/mol. The number of allylic oxidation sites excluding steroid dienone is 2. The van der Waals surface area contributed by atoms with Gasteiger partial charge in [0.15, 0.2) is 0 Å². The minimum absolute atomic E-state index is 0.110. The Hall–Kier alpha value is -1.31. The van der Waals surface area contributed by atoms with E-state index in [9.17, 15) is 14.7 Å². The van der Waals surface area contributed by atoms with Crippen LogP contribution in [-0.4, -0.2) is 50.5 Å². The lowest BCUT2D eigenvalue weighted by molar-refractivity contribution is -0.146. The molecule has 0 bridgehead atoms. The zero-order valence-corrected chi connectivity index (χ0v) is 29.6. The van der Waals surface area contributed by atoms with E-state index in [1.165, 1.54) is 75.3 Å². The van der Waals surface area contributed by atoms with E-state index in [2.05, 4.69) is 44.2 Å². The first-order valence-electron chi connectivity index (χ1n) is 16.0. The van der Waals surface area contributed by atoms with E-state index in [1.807, 2.05) is 20.2 Å². The summed E-state index contributed by atoms with van der Waals surface area (Å²) in [5.41, 5.74) is 1.65. The fraction of sp³-hybridized carbons (Fsp3) is 0.686. The standard InChI is InChI=1S/C35H57NO3S3/c1-7-8-9-10-11-12-13-14-15-19-26-41-34(40)42-31(32(37)36(5)6)27-30(29-20-17-16-18-21-29)23-22-28(2)24-25-35(3,4)33(38)39/h16-18,20-21,24,30-31H,7-15,19,22-23,25-27H2,1-6H3,(H,38,39)/b28-24+. The summed E-state index contributed by atoms with van der Waals surface area (Å²) >= 11 is 9.06. The summed E-state index contributed by atoms with van der Waals surface area (Å²) in [4.78, 5) is 26.5. The number of nitrogens with zero attached hydrogens (tertiary/aromatic N) is 1. The molecule has 1 N–H and O–H groups in total. The molecule has 7 heteroatoms. The van der Waals surface area contributed by atoms with E-state index in [0.29, 0.717) is 6.42 Å². The van der Waals surface area contributed by atoms with Crippen LogP contribution in [0.2, 0.25) is 0 Å². The van der Waals surface area contributed by atoms with Gasteiger partial charge in [-0.1, -0.05) is 131 Å². The van der Waals surface area contributed by atoms with E-state index in [0.717, 1.165) is 28.5 Å². The topological polar surface area (TPSA) is 57.6 Å². The Labute approximate surface area is 271 Å². The number of carbonyl (C=O) groups is 2. The lowest BCUT2D eigenvalue weighted by Crippen LogP contribution is -2.33. The van der Waals surface area contributed by atoms with Crippen molar-refractivity contribution in [2.24, 2.45) is 5.41 Å². The summed E-state index contributed by atoms with van der Waals surface area (Å²) in [6.45, 7) is 7.87. The number of rotatable bonds is 22. The molecule has 0 aliphatic rings. The second-order valence-corrected chi connectivity index (χ2v) is 15.9. The molecule has 1 aromatic rings. The minimum atomic E-state index is -0.780. The Morgan fingerprint density at radius 1 is 0.976 bits per heavy atom. The molecule has 1 aromatic carbocycles. The normalized spacial score (nSPS) is 13.5. The smallest absolute Gasteiger partial charge is 0.309 e. The quantitative estimate of drug-likeness (QED) is 0.0777. The molecule has 0 spiro atoms. The Bertz CT molecular complexity index is 946. The summed E-state index contributed by atoms with van der Waals surface area (Å²) in [6.07, 6.45) is 18.3. The van der Waals surface area contributed by atoms with E-state index in [-0.39, 0.29) is 17.1 Å². The molecular weight excluding hydrogens is 579 g/mol. The highest BCUT2D eigenvalue weighted by atomic mass is 32.2. The van der Waals surface area contributed by atoms with E-state index >= 15 is 0 Å². The molecule has 0 saturated heterocycles. The molecule has 0 radical (unpaired) electrons. The van der Waals surface area contributed by atoms with Crippen LogP contribution >= 0.6 is 35.7 Å². The predicted octanol–water partition coefficient (Wildman–Crippen LogP) is 10.5. The number of hydrogen-bond donors (Lipinski definition) is 1. The second-order valence-electron chi connectivity index (χ2n) is 12.4. The van der Waals surface area contributed by atoms with E-state index in [1.54, 1.807) is 42.3 Å². The SMILES string of the molecule is CCCCCCCCCCCCSC(=S)SC(CC(CC/C(C)=C/CC(C)(C)C(=O)O)c1ccccc1)C(=O)N(C)C. The lowest BCUT2D eigenvalue weighted by atomic mass is 9.86. The highest BCUT2D eigenvalue weighted by Crippen LogP contribution is 2.35. The number of amides is 1. The van der Waals surface area contributed by atoms with Gasteiger partial charge in [-0.15, -0.1) is 11.8 Å². The van der Waals surface area contributed by atoms with Gasteiger partial charge < -0.3 is 10.0 Å². The van der Waals surface area contributed by atoms with Crippen LogP contribution in [0, 0.1) is 5.41 Å². The van der Waals surface area contributed by atoms with Crippen molar-refractivity contribution in [1.82, 2.24) is 4.90 Å². The molecule has 0 fully saturated rings. The van der Waals surface area contributed by atoms with Crippen molar-refractivity contribution in [3.63, 3.8) is 0 Å². The average molecular weight is 636 g/mol. The Kier molecular flexibility index (Phi) is 20.5. The van der Waals surface area contributed by atoms with Gasteiger partial charge in [-0.3, -0.25) is 9.59 Å². The maximum atomic E-state index is 13.3. The van der Waals surface area contributed by atoms with Gasteiger partial charge in [-0.2, -0.15) is 0 Å². The van der Waals surface area contributed by atoms with Crippen LogP contribution in [-0.2, 0) is 9.59 Å². The summed E-state index contributed by atoms with van der Waals surface area (Å²) in [5, 5.41) is 9.22. The fourth-order valence-corrected chi connectivity index (χ4v) is 7.66. The van der Waals surface area contributed by atoms with E-state index in [4.69, 9.17) is 12.2 Å². The predicted molar refractivity (Wildman–Crippen MR) is 190 cm³/mol. The van der Waals surface area contributed by atoms with Gasteiger partial charge in [0.25, 0.3) is 0 Å². The van der Waals surface area contributed by atoms with E-state index < -0.39 is 11.4 Å². The fourth-order valence-electron chi connectivity index (χ4n) is 4.81. The molecule has 0 aromatic heterocycles. The molecule has 1 rings (SSSR count). The van der Waals surface area contributed by atoms with Gasteiger partial charge in [-0.25, -0.2) is 0 Å². The van der Waals surface area contributed by atoms with Gasteiger partial charge in [0.05, 0.1) is 10.7 Å². The van der Waals surface area contributed by atoms with Crippen molar-refractivity contribution in [3.05, 3.63) is 47.5 Å². The Morgan fingerprint density at radius 2 is 1.55 bits per heavy atom. The highest BCUT2D eigenvalue weighted by Gasteiger charge is 2.28. The van der Waals surface area contributed by atoms with Crippen LogP contribution in [0.4, 0.5) is 0 Å². The van der Waals surface area contributed by atoms with Crippen molar-refractivity contribution in [3.8, 4) is 0 Å². The number of unbranched alkanes of at least 4 members (excludes halogenated alkanes) is 9. The number of carboxylic acid groups (broad SMARTS) is 1. The number of carbonyl (C=O) groups excluding carboxylic acids is 1. The van der Waals surface area contributed by atoms with Crippen LogP contribution in [0.3, 0.4) is 0 Å². The van der Waals surface area contributed by atoms with Crippen molar-refractivity contribution in [1.29, 1.82) is 0 Å². The number of thiocarbonyl (C=S) groups is 1. The van der Waals surface area contributed by atoms with Gasteiger partial charge in [0.1, 0.15) is 3.53 Å². The Balaban J connectivity index is 2.69. The number of carboxylic acids is 1. The molecule has 0 aliphatic heterocycles. The molecule has 4 nitrogen and oxygen atoms in total. The first-order valence-corrected chi connectivity index (χ1v) is 18.2. The molecule has 238 valence electrons. The molecular formula is C35H57NO3S3. The van der Waals surface area contributed by atoms with Crippen molar-refractivity contribution in [2.45, 2.75) is 129 Å². The van der Waals surface area contributed by atoms with Crippen LogP contribution in [0.5, 0.6) is 0 Å². The number of hydrogen-bond acceptors (Lipinski definition) is 5. The number of thioether (sulfide) groups is 2. The molecule has 2 unspecified atom stereocenters. The van der Waals surface area contributed by atoms with Crippen molar-refractivity contribution < 1.29 is 14.7 Å². The lowest BCUT2D eigenvalue weighted by Gasteiger charge is -2.26. The van der Waals surface area contributed by atoms with Crippen molar-refractivity contribution >= 4 is 51.1 Å². The Morgan fingerprint density at radius 3 is 2.10 bits per heavy atom. The number of aliphatic carboxylic acids is 1. The average Bonchev–Trinajstić information content (AvgIpc) is 2.96. The molecule has 1 amide bonds. The van der Waals surface area contributed by atoms with Crippen LogP contribution in [0.1, 0.15) is 129 Å². The van der Waals surface area contributed by atoms with Crippen molar-refractivity contribution in [2.75, 3.05) is 19.8 Å². The minimum Gasteiger partial charge on any atom is -0.481 e. The molecule has 2 atom stereocenters. The maximum absolute atomic E-state index is 13.3. The van der Waals surface area contributed by atoms with Gasteiger partial charge in [0, 0.05) is 14.1 Å². The van der Waals surface area contributed by atoms with Gasteiger partial charge in [0.2, 0.25) is 5.91 Å². The third kappa shape index (κ3) is 17.1. The summed E-state index contributed by atoms with van der Waals surface area (Å²) < 4.78 is 0.866. The number of benzene rings is 1. The van der Waals surface area contributed by atoms with Gasteiger partial charge in [-0.05, 0) is 70.1 Å². The zero-order chi connectivity index (χ0) is 31.4. The third-order valence-electron chi connectivity index (χ3n) is 7.87. The largest absolute Gasteiger partial charge is 0.481 e. The summed E-state index contributed by atoms with van der Waals surface area (Å²) in [5.74, 6) is 0.554. The summed E-state index contributed by atoms with van der Waals surface area (Å²) in [6, 6.07) is 10.4. The zero-order valence-electron chi connectivity index (χ0n) is 27.2. The van der Waals surface area contributed by atoms with Crippen LogP contribution in [0.25, 0.3) is 0 Å². The highest BCUT2D eigenvalue weighted by molar-refractivity contribution is 8.47. The third-order valence-corrected chi connectivity index (χ3v) is 10.8. The molecule has 0 heterocycles. The summed E-state index contributed by atoms with van der Waals surface area (Å²) in [7, 11) is 3.65. The molecule has 0 saturated carbocycles. The maximum Gasteiger partial charge on any atom is 0.309 e. The molecule has 42 heavy (non-hydrogen) atoms. The first-order chi connectivity index (χ1) is 20.0. The second kappa shape index (κ2) is 22.2.